The molecule has 0 bridgehead atoms. The summed E-state index contributed by atoms with van der Waals surface area (Å²) in [5.41, 5.74) is 1.15. The quantitative estimate of drug-likeness (QED) is 0.536. The molecule has 1 saturated heterocycles. The molecule has 1 aliphatic carbocycles. The Labute approximate surface area is 117 Å². The molecule has 0 radical (unpaired) electrons. The lowest BCUT2D eigenvalue weighted by atomic mass is 9.91. The van der Waals surface area contributed by atoms with Crippen molar-refractivity contribution in [2.75, 3.05) is 19.0 Å². The van der Waals surface area contributed by atoms with Gasteiger partial charge in [0.1, 0.15) is 0 Å². The fraction of sp³-hybridized carbons (Fsp3) is 1.00. The molecule has 18 heavy (non-hydrogen) atoms. The molecule has 2 rings (SSSR count). The van der Waals surface area contributed by atoms with Gasteiger partial charge in [-0.3, -0.25) is 0 Å². The minimum Gasteiger partial charge on any atom is -0.0652 e. The molecule has 1 aliphatic heterocycles. The Morgan fingerprint density at radius 3 is 2.06 bits per heavy atom. The summed E-state index contributed by atoms with van der Waals surface area (Å²) < 4.78 is 0. The highest BCUT2D eigenvalue weighted by molar-refractivity contribution is 7.76. The molecule has 1 heteroatoms. The minimum absolute atomic E-state index is 0.428. The second kappa shape index (κ2) is 8.57. The molecule has 2 aliphatic rings. The molecular weight excluding hydrogens is 235 g/mol. The van der Waals surface area contributed by atoms with Crippen molar-refractivity contribution < 1.29 is 0 Å². The molecule has 0 spiro atoms. The first-order valence-corrected chi connectivity index (χ1v) is 11.1. The Kier molecular flexibility index (Phi) is 7.85. The van der Waals surface area contributed by atoms with Crippen LogP contribution < -0.4 is 0 Å². The molecule has 0 nitrogen and oxygen atoms in total. The van der Waals surface area contributed by atoms with Crippen LogP contribution in [0, 0.1) is 5.92 Å². The summed E-state index contributed by atoms with van der Waals surface area (Å²) in [6, 6.07) is 0. The maximum atomic E-state index is 2.60. The molecule has 0 aromatic carbocycles. The van der Waals surface area contributed by atoms with E-state index in [0.717, 1.165) is 11.6 Å². The van der Waals surface area contributed by atoms with Gasteiger partial charge in [-0.25, -0.2) is 0 Å². The van der Waals surface area contributed by atoms with Gasteiger partial charge >= 0.3 is 0 Å². The van der Waals surface area contributed by atoms with Gasteiger partial charge in [-0.15, -0.1) is 0 Å². The van der Waals surface area contributed by atoms with Gasteiger partial charge in [0.2, 0.25) is 0 Å². The van der Waals surface area contributed by atoms with Crippen LogP contribution in [0.3, 0.4) is 0 Å². The van der Waals surface area contributed by atoms with Crippen LogP contribution in [0.15, 0.2) is 0 Å². The smallest absolute Gasteiger partial charge is 0.0652 e. The van der Waals surface area contributed by atoms with Gasteiger partial charge < -0.3 is 0 Å². The summed E-state index contributed by atoms with van der Waals surface area (Å²) in [5.74, 6) is 1.04. The zero-order valence-corrected chi connectivity index (χ0v) is 14.3. The Morgan fingerprint density at radius 1 is 0.944 bits per heavy atom. The van der Waals surface area contributed by atoms with Crippen LogP contribution in [-0.2, 0) is 0 Å². The fourth-order valence-electron chi connectivity index (χ4n) is 3.69. The number of hydrogen-bond acceptors (Lipinski definition) is 0. The first-order valence-electron chi connectivity index (χ1n) is 8.46. The highest BCUT2D eigenvalue weighted by atomic mass is 31.2. The summed E-state index contributed by atoms with van der Waals surface area (Å²) in [6.07, 6.45) is 16.5. The lowest BCUT2D eigenvalue weighted by molar-refractivity contribution is 0.385. The topological polar surface area (TPSA) is 0 Å². The SMILES string of the molecule is CC1CCCCC1.CCCC1CCC[P+]1(C)CC. The zero-order chi connectivity index (χ0) is 13.4. The van der Waals surface area contributed by atoms with Crippen molar-refractivity contribution in [3.05, 3.63) is 0 Å². The van der Waals surface area contributed by atoms with E-state index in [1.54, 1.807) is 12.6 Å². The first kappa shape index (κ1) is 16.5. The van der Waals surface area contributed by atoms with Gasteiger partial charge in [-0.2, -0.15) is 0 Å². The zero-order valence-electron chi connectivity index (χ0n) is 13.4. The van der Waals surface area contributed by atoms with Crippen LogP contribution >= 0.6 is 7.26 Å². The van der Waals surface area contributed by atoms with Gasteiger partial charge in [0.05, 0.1) is 18.0 Å². The Morgan fingerprint density at radius 2 is 1.61 bits per heavy atom. The van der Waals surface area contributed by atoms with Crippen LogP contribution in [0.25, 0.3) is 0 Å². The maximum absolute atomic E-state index is 2.60. The van der Waals surface area contributed by atoms with E-state index in [1.165, 1.54) is 57.5 Å². The molecule has 0 aromatic heterocycles. The maximum Gasteiger partial charge on any atom is 0.0696 e. The van der Waals surface area contributed by atoms with E-state index in [1.807, 2.05) is 0 Å². The monoisotopic (exact) mass is 271 g/mol. The minimum atomic E-state index is -0.428. The molecule has 0 amide bonds. The molecule has 2 fully saturated rings. The van der Waals surface area contributed by atoms with Gasteiger partial charge in [-0.05, 0) is 32.1 Å². The fourth-order valence-corrected chi connectivity index (χ4v) is 7.48. The van der Waals surface area contributed by atoms with Crippen LogP contribution in [0.5, 0.6) is 0 Å². The van der Waals surface area contributed by atoms with Crippen LogP contribution in [0.1, 0.15) is 78.6 Å². The van der Waals surface area contributed by atoms with Gasteiger partial charge in [-0.1, -0.05) is 52.4 Å². The predicted octanol–water partition coefficient (Wildman–Crippen LogP) is 6.20. The van der Waals surface area contributed by atoms with E-state index < -0.39 is 7.26 Å². The van der Waals surface area contributed by atoms with Crippen molar-refractivity contribution >= 4 is 7.26 Å². The van der Waals surface area contributed by atoms with E-state index >= 15 is 0 Å². The van der Waals surface area contributed by atoms with Crippen LogP contribution in [-0.4, -0.2) is 24.6 Å². The Balaban J connectivity index is 0.000000199. The average Bonchev–Trinajstić information content (AvgIpc) is 2.74. The van der Waals surface area contributed by atoms with Crippen molar-refractivity contribution in [3.8, 4) is 0 Å². The molecule has 0 N–H and O–H groups in total. The molecule has 0 aromatic rings. The standard InChI is InChI=1S/C10H22P.C7H14/c1-4-7-10-8-6-9-11(10,3)5-2;1-7-5-3-2-4-6-7/h10H,4-9H2,1-3H3;7H,2-6H2,1H3/q+1;. The molecule has 1 heterocycles. The third-order valence-electron chi connectivity index (χ3n) is 5.33. The Bertz CT molecular complexity index is 208. The summed E-state index contributed by atoms with van der Waals surface area (Å²) in [5, 5.41) is 0. The summed E-state index contributed by atoms with van der Waals surface area (Å²) >= 11 is 0. The normalized spacial score (nSPS) is 33.0. The number of rotatable bonds is 3. The predicted molar refractivity (Wildman–Crippen MR) is 88.4 cm³/mol. The Hall–Kier alpha value is 0.430. The second-order valence-corrected chi connectivity index (χ2v) is 11.6. The second-order valence-electron chi connectivity index (χ2n) is 6.85. The number of hydrogen-bond donors (Lipinski definition) is 0. The summed E-state index contributed by atoms with van der Waals surface area (Å²) in [4.78, 5) is 0. The van der Waals surface area contributed by atoms with Crippen molar-refractivity contribution in [1.29, 1.82) is 0 Å². The molecule has 1 saturated carbocycles. The van der Waals surface area contributed by atoms with Crippen molar-refractivity contribution in [3.63, 3.8) is 0 Å². The third kappa shape index (κ3) is 5.20. The largest absolute Gasteiger partial charge is 0.0696 e. The van der Waals surface area contributed by atoms with E-state index in [2.05, 4.69) is 27.4 Å². The lowest BCUT2D eigenvalue weighted by Gasteiger charge is -2.23. The van der Waals surface area contributed by atoms with Crippen molar-refractivity contribution in [1.82, 2.24) is 0 Å². The van der Waals surface area contributed by atoms with E-state index in [0.29, 0.717) is 0 Å². The first-order chi connectivity index (χ1) is 8.62. The summed E-state index contributed by atoms with van der Waals surface area (Å²) in [7, 11) is -0.428. The van der Waals surface area contributed by atoms with E-state index in [4.69, 9.17) is 0 Å². The average molecular weight is 271 g/mol. The van der Waals surface area contributed by atoms with Gasteiger partial charge in [0.15, 0.2) is 0 Å². The molecular formula is C17H36P+. The lowest BCUT2D eigenvalue weighted by Crippen LogP contribution is -2.09. The van der Waals surface area contributed by atoms with Crippen LogP contribution in [0.2, 0.25) is 0 Å². The van der Waals surface area contributed by atoms with Crippen LogP contribution in [0.4, 0.5) is 0 Å². The van der Waals surface area contributed by atoms with Crippen molar-refractivity contribution in [2.24, 2.45) is 5.92 Å². The molecule has 2 atom stereocenters. The molecule has 108 valence electrons. The highest BCUT2D eigenvalue weighted by Crippen LogP contribution is 2.66. The summed E-state index contributed by atoms with van der Waals surface area (Å²) in [6.45, 7) is 9.69. The van der Waals surface area contributed by atoms with Crippen molar-refractivity contribution in [2.45, 2.75) is 84.2 Å². The molecule has 2 unspecified atom stereocenters. The van der Waals surface area contributed by atoms with E-state index in [9.17, 15) is 0 Å². The van der Waals surface area contributed by atoms with E-state index in [-0.39, 0.29) is 0 Å². The highest BCUT2D eigenvalue weighted by Gasteiger charge is 2.42. The van der Waals surface area contributed by atoms with Gasteiger partial charge in [0, 0.05) is 13.9 Å². The van der Waals surface area contributed by atoms with Gasteiger partial charge in [0.25, 0.3) is 0 Å². The third-order valence-corrected chi connectivity index (χ3v) is 10.4.